The van der Waals surface area contributed by atoms with Crippen LogP contribution in [0.1, 0.15) is 24.0 Å². The Bertz CT molecular complexity index is 481. The van der Waals surface area contributed by atoms with Gasteiger partial charge in [-0.2, -0.15) is 13.2 Å². The second-order valence-corrected chi connectivity index (χ2v) is 5.61. The maximum absolute atomic E-state index is 12.4. The van der Waals surface area contributed by atoms with Crippen molar-refractivity contribution in [3.8, 4) is 0 Å². The highest BCUT2D eigenvalue weighted by Gasteiger charge is 2.29. The molecule has 1 fully saturated rings. The fourth-order valence-electron chi connectivity index (χ4n) is 2.05. The molecule has 0 unspecified atom stereocenters. The van der Waals surface area contributed by atoms with Crippen molar-refractivity contribution in [3.63, 3.8) is 0 Å². The van der Waals surface area contributed by atoms with Crippen molar-refractivity contribution in [3.05, 3.63) is 35.4 Å². The van der Waals surface area contributed by atoms with E-state index in [9.17, 15) is 18.0 Å². The lowest BCUT2D eigenvalue weighted by Crippen LogP contribution is -2.35. The van der Waals surface area contributed by atoms with Gasteiger partial charge in [0, 0.05) is 13.1 Å². The lowest BCUT2D eigenvalue weighted by atomic mass is 10.1. The van der Waals surface area contributed by atoms with E-state index in [0.717, 1.165) is 24.2 Å². The van der Waals surface area contributed by atoms with Crippen LogP contribution in [0.15, 0.2) is 24.3 Å². The monoisotopic (exact) mass is 300 g/mol. The second-order valence-electron chi connectivity index (χ2n) is 5.61. The van der Waals surface area contributed by atoms with Gasteiger partial charge in [0.15, 0.2) is 0 Å². The van der Waals surface area contributed by atoms with Crippen LogP contribution in [0.2, 0.25) is 0 Å². The summed E-state index contributed by atoms with van der Waals surface area (Å²) in [6.07, 6.45) is -1.95. The van der Waals surface area contributed by atoms with Crippen LogP contribution in [0.5, 0.6) is 0 Å². The molecule has 3 nitrogen and oxygen atoms in total. The highest BCUT2D eigenvalue weighted by atomic mass is 19.4. The number of hydrogen-bond acceptors (Lipinski definition) is 2. The van der Waals surface area contributed by atoms with E-state index in [1.54, 1.807) is 11.9 Å². The number of amides is 1. The third-order valence-corrected chi connectivity index (χ3v) is 3.43. The Balaban J connectivity index is 1.78. The number of benzene rings is 1. The number of hydrogen-bond donors (Lipinski definition) is 1. The predicted molar refractivity (Wildman–Crippen MR) is 73.5 cm³/mol. The van der Waals surface area contributed by atoms with Gasteiger partial charge >= 0.3 is 6.18 Å². The van der Waals surface area contributed by atoms with Gasteiger partial charge in [-0.3, -0.25) is 9.69 Å². The van der Waals surface area contributed by atoms with Crippen molar-refractivity contribution in [1.29, 1.82) is 0 Å². The van der Waals surface area contributed by atoms with E-state index in [-0.39, 0.29) is 12.5 Å². The van der Waals surface area contributed by atoms with Gasteiger partial charge in [0.25, 0.3) is 0 Å². The van der Waals surface area contributed by atoms with Gasteiger partial charge in [-0.25, -0.2) is 0 Å². The largest absolute Gasteiger partial charge is 0.416 e. The lowest BCUT2D eigenvalue weighted by molar-refractivity contribution is -0.137. The van der Waals surface area contributed by atoms with Gasteiger partial charge in [-0.05, 0) is 43.5 Å². The molecular formula is C15H19F3N2O. The first-order valence-corrected chi connectivity index (χ1v) is 6.96. The van der Waals surface area contributed by atoms with Gasteiger partial charge < -0.3 is 5.32 Å². The normalized spacial score (nSPS) is 15.3. The fourth-order valence-corrected chi connectivity index (χ4v) is 2.05. The minimum absolute atomic E-state index is 0.0451. The number of carbonyl (C=O) groups is 1. The van der Waals surface area contributed by atoms with E-state index >= 15 is 0 Å². The van der Waals surface area contributed by atoms with Crippen molar-refractivity contribution in [2.24, 2.45) is 5.92 Å². The van der Waals surface area contributed by atoms with Crippen LogP contribution in [0.3, 0.4) is 0 Å². The summed E-state index contributed by atoms with van der Waals surface area (Å²) in [6.45, 7) is 1.41. The molecule has 116 valence electrons. The first-order valence-electron chi connectivity index (χ1n) is 6.96. The number of nitrogens with one attached hydrogen (secondary N) is 1. The van der Waals surface area contributed by atoms with Crippen LogP contribution in [-0.4, -0.2) is 30.9 Å². The van der Waals surface area contributed by atoms with Crippen LogP contribution < -0.4 is 5.32 Å². The SMILES string of the molecule is CN(CC(=O)NCC1CC1)Cc1ccc(C(F)(F)F)cc1. The number of halogens is 3. The molecule has 0 heterocycles. The van der Waals surface area contributed by atoms with E-state index in [0.29, 0.717) is 12.5 Å². The summed E-state index contributed by atoms with van der Waals surface area (Å²) in [5, 5.41) is 2.86. The molecule has 1 amide bonds. The Morgan fingerprint density at radius 2 is 1.90 bits per heavy atom. The first-order chi connectivity index (χ1) is 9.84. The summed E-state index contributed by atoms with van der Waals surface area (Å²) >= 11 is 0. The van der Waals surface area contributed by atoms with E-state index in [4.69, 9.17) is 0 Å². The van der Waals surface area contributed by atoms with Crippen LogP contribution in [0, 0.1) is 5.92 Å². The first kappa shape index (κ1) is 15.8. The zero-order chi connectivity index (χ0) is 15.5. The molecule has 2 rings (SSSR count). The van der Waals surface area contributed by atoms with Crippen molar-refractivity contribution in [1.82, 2.24) is 10.2 Å². The van der Waals surface area contributed by atoms with Crippen molar-refractivity contribution in [2.75, 3.05) is 20.1 Å². The van der Waals surface area contributed by atoms with E-state index in [1.807, 2.05) is 0 Å². The number of rotatable bonds is 6. The standard InChI is InChI=1S/C15H19F3N2O/c1-20(10-14(21)19-8-11-2-3-11)9-12-4-6-13(7-5-12)15(16,17)18/h4-7,11H,2-3,8-10H2,1H3,(H,19,21). The van der Waals surface area contributed by atoms with Crippen molar-refractivity contribution >= 4 is 5.91 Å². The number of carbonyl (C=O) groups excluding carboxylic acids is 1. The van der Waals surface area contributed by atoms with Gasteiger partial charge in [0.05, 0.1) is 12.1 Å². The minimum Gasteiger partial charge on any atom is -0.355 e. The summed E-state index contributed by atoms with van der Waals surface area (Å²) < 4.78 is 37.3. The number of likely N-dealkylation sites (N-methyl/N-ethyl adjacent to an activating group) is 1. The molecule has 1 aliphatic carbocycles. The lowest BCUT2D eigenvalue weighted by Gasteiger charge is -2.17. The summed E-state index contributed by atoms with van der Waals surface area (Å²) in [7, 11) is 1.77. The number of alkyl halides is 3. The van der Waals surface area contributed by atoms with Gasteiger partial charge in [0.1, 0.15) is 0 Å². The minimum atomic E-state index is -4.31. The molecule has 6 heteroatoms. The molecule has 0 aliphatic heterocycles. The Hall–Kier alpha value is -1.56. The highest BCUT2D eigenvalue weighted by molar-refractivity contribution is 5.78. The highest BCUT2D eigenvalue weighted by Crippen LogP contribution is 2.29. The number of nitrogens with zero attached hydrogens (tertiary/aromatic N) is 1. The second kappa shape index (κ2) is 6.47. The Morgan fingerprint density at radius 1 is 1.29 bits per heavy atom. The molecule has 21 heavy (non-hydrogen) atoms. The van der Waals surface area contributed by atoms with E-state index in [1.165, 1.54) is 25.0 Å². The zero-order valence-electron chi connectivity index (χ0n) is 11.9. The summed E-state index contributed by atoms with van der Waals surface area (Å²) in [6, 6.07) is 5.02. The third kappa shape index (κ3) is 5.38. The maximum atomic E-state index is 12.4. The molecule has 0 atom stereocenters. The molecule has 0 radical (unpaired) electrons. The van der Waals surface area contributed by atoms with Crippen molar-refractivity contribution < 1.29 is 18.0 Å². The maximum Gasteiger partial charge on any atom is 0.416 e. The topological polar surface area (TPSA) is 32.3 Å². The Morgan fingerprint density at radius 3 is 2.43 bits per heavy atom. The fraction of sp³-hybridized carbons (Fsp3) is 0.533. The molecule has 1 N–H and O–H groups in total. The molecule has 0 spiro atoms. The van der Waals surface area contributed by atoms with Crippen LogP contribution in [0.25, 0.3) is 0 Å². The smallest absolute Gasteiger partial charge is 0.355 e. The van der Waals surface area contributed by atoms with Crippen LogP contribution >= 0.6 is 0 Å². The Labute approximate surface area is 122 Å². The average Bonchev–Trinajstić information content (AvgIpc) is 3.19. The molecule has 1 aliphatic rings. The van der Waals surface area contributed by atoms with Crippen molar-refractivity contribution in [2.45, 2.75) is 25.6 Å². The predicted octanol–water partition coefficient (Wildman–Crippen LogP) is 2.66. The van der Waals surface area contributed by atoms with Gasteiger partial charge in [0.2, 0.25) is 5.91 Å². The zero-order valence-corrected chi connectivity index (χ0v) is 11.9. The van der Waals surface area contributed by atoms with Crippen LogP contribution in [0.4, 0.5) is 13.2 Å². The quantitative estimate of drug-likeness (QED) is 0.876. The van der Waals surface area contributed by atoms with E-state index < -0.39 is 11.7 Å². The van der Waals surface area contributed by atoms with E-state index in [2.05, 4.69) is 5.32 Å². The molecule has 0 aromatic heterocycles. The molecule has 1 aromatic rings. The summed E-state index contributed by atoms with van der Waals surface area (Å²) in [5.41, 5.74) is 0.0940. The van der Waals surface area contributed by atoms with Crippen LogP contribution in [-0.2, 0) is 17.5 Å². The van der Waals surface area contributed by atoms with Gasteiger partial charge in [-0.15, -0.1) is 0 Å². The Kier molecular flexibility index (Phi) is 4.88. The summed E-state index contributed by atoms with van der Waals surface area (Å²) in [4.78, 5) is 13.4. The molecular weight excluding hydrogens is 281 g/mol. The third-order valence-electron chi connectivity index (χ3n) is 3.43. The molecule has 0 saturated heterocycles. The molecule has 1 aromatic carbocycles. The summed E-state index contributed by atoms with van der Waals surface area (Å²) in [5.74, 6) is 0.588. The molecule has 1 saturated carbocycles. The molecule has 0 bridgehead atoms. The van der Waals surface area contributed by atoms with Gasteiger partial charge in [-0.1, -0.05) is 12.1 Å². The average molecular weight is 300 g/mol.